The maximum atomic E-state index is 12.1. The standard InChI is InChI=1S/C15H14N4O2S/c1-3-21-15(20)11-7-22-14-12(11)13(17-8-18-14)19-10-4-5-16-9(2)6-10/h4-8H,3H2,1-2H3,(H,16,17,18,19). The van der Waals surface area contributed by atoms with Crippen molar-refractivity contribution in [3.05, 3.63) is 41.3 Å². The average Bonchev–Trinajstić information content (AvgIpc) is 2.93. The Bertz CT molecular complexity index is 831. The molecule has 22 heavy (non-hydrogen) atoms. The van der Waals surface area contributed by atoms with E-state index >= 15 is 0 Å². The number of aromatic nitrogens is 3. The highest BCUT2D eigenvalue weighted by molar-refractivity contribution is 7.17. The van der Waals surface area contributed by atoms with Gasteiger partial charge in [-0.25, -0.2) is 14.8 Å². The molecule has 0 amide bonds. The fourth-order valence-corrected chi connectivity index (χ4v) is 2.97. The van der Waals surface area contributed by atoms with E-state index in [1.54, 1.807) is 18.5 Å². The zero-order chi connectivity index (χ0) is 15.5. The van der Waals surface area contributed by atoms with Gasteiger partial charge in [0.2, 0.25) is 0 Å². The molecule has 0 atom stereocenters. The number of ether oxygens (including phenoxy) is 1. The minimum absolute atomic E-state index is 0.330. The molecule has 3 aromatic heterocycles. The number of carbonyl (C=O) groups is 1. The number of thiophene rings is 1. The molecule has 0 unspecified atom stereocenters. The number of rotatable bonds is 4. The molecule has 3 aromatic rings. The summed E-state index contributed by atoms with van der Waals surface area (Å²) in [4.78, 5) is 25.4. The Morgan fingerprint density at radius 2 is 2.23 bits per heavy atom. The summed E-state index contributed by atoms with van der Waals surface area (Å²) in [5.41, 5.74) is 2.23. The van der Waals surface area contributed by atoms with Crippen molar-refractivity contribution >= 4 is 39.0 Å². The van der Waals surface area contributed by atoms with Gasteiger partial charge < -0.3 is 10.1 Å². The highest BCUT2D eigenvalue weighted by Gasteiger charge is 2.18. The second-order valence-electron chi connectivity index (χ2n) is 4.58. The maximum Gasteiger partial charge on any atom is 0.339 e. The molecule has 0 aliphatic heterocycles. The molecule has 0 saturated heterocycles. The lowest BCUT2D eigenvalue weighted by atomic mass is 10.2. The van der Waals surface area contributed by atoms with Crippen LogP contribution in [-0.4, -0.2) is 27.5 Å². The molecule has 0 spiro atoms. The van der Waals surface area contributed by atoms with Crippen molar-refractivity contribution < 1.29 is 9.53 Å². The Morgan fingerprint density at radius 3 is 3.00 bits per heavy atom. The number of pyridine rings is 1. The summed E-state index contributed by atoms with van der Waals surface area (Å²) in [6, 6.07) is 3.75. The summed E-state index contributed by atoms with van der Waals surface area (Å²) < 4.78 is 5.09. The van der Waals surface area contributed by atoms with E-state index in [-0.39, 0.29) is 5.97 Å². The van der Waals surface area contributed by atoms with Crippen LogP contribution in [0, 0.1) is 6.92 Å². The third-order valence-corrected chi connectivity index (χ3v) is 3.91. The fourth-order valence-electron chi connectivity index (χ4n) is 2.09. The predicted octanol–water partition coefficient (Wildman–Crippen LogP) is 3.32. The Morgan fingerprint density at radius 1 is 1.36 bits per heavy atom. The van der Waals surface area contributed by atoms with Crippen LogP contribution >= 0.6 is 11.3 Å². The van der Waals surface area contributed by atoms with Gasteiger partial charge in [-0.15, -0.1) is 11.3 Å². The van der Waals surface area contributed by atoms with Gasteiger partial charge in [0.1, 0.15) is 17.0 Å². The summed E-state index contributed by atoms with van der Waals surface area (Å²) in [7, 11) is 0. The average molecular weight is 314 g/mol. The highest BCUT2D eigenvalue weighted by atomic mass is 32.1. The first kappa shape index (κ1) is 14.4. The zero-order valence-corrected chi connectivity index (χ0v) is 13.0. The van der Waals surface area contributed by atoms with Crippen LogP contribution in [0.15, 0.2) is 30.0 Å². The minimum Gasteiger partial charge on any atom is -0.462 e. The first-order valence-electron chi connectivity index (χ1n) is 6.78. The lowest BCUT2D eigenvalue weighted by Crippen LogP contribution is -2.05. The van der Waals surface area contributed by atoms with Crippen LogP contribution in [0.2, 0.25) is 0 Å². The van der Waals surface area contributed by atoms with E-state index in [9.17, 15) is 4.79 Å². The second-order valence-corrected chi connectivity index (χ2v) is 5.44. The van der Waals surface area contributed by atoms with Crippen LogP contribution in [0.3, 0.4) is 0 Å². The molecule has 7 heteroatoms. The summed E-state index contributed by atoms with van der Waals surface area (Å²) in [5.74, 6) is 0.220. The van der Waals surface area contributed by atoms with Crippen molar-refractivity contribution in [3.63, 3.8) is 0 Å². The number of fused-ring (bicyclic) bond motifs is 1. The number of nitrogens with one attached hydrogen (secondary N) is 1. The number of anilines is 2. The Hall–Kier alpha value is -2.54. The number of esters is 1. The monoisotopic (exact) mass is 314 g/mol. The van der Waals surface area contributed by atoms with Gasteiger partial charge in [-0.05, 0) is 26.0 Å². The Kier molecular flexibility index (Phi) is 3.97. The molecular formula is C15H14N4O2S. The van der Waals surface area contributed by atoms with Gasteiger partial charge in [0, 0.05) is 23.0 Å². The van der Waals surface area contributed by atoms with Crippen molar-refractivity contribution in [2.24, 2.45) is 0 Å². The third-order valence-electron chi connectivity index (χ3n) is 3.02. The Balaban J connectivity index is 2.05. The molecular weight excluding hydrogens is 300 g/mol. The topological polar surface area (TPSA) is 77.0 Å². The van der Waals surface area contributed by atoms with Crippen LogP contribution in [0.4, 0.5) is 11.5 Å². The second kappa shape index (κ2) is 6.07. The molecule has 112 valence electrons. The smallest absolute Gasteiger partial charge is 0.339 e. The third kappa shape index (κ3) is 2.75. The van der Waals surface area contributed by atoms with E-state index in [0.29, 0.717) is 23.4 Å². The molecule has 6 nitrogen and oxygen atoms in total. The number of nitrogens with zero attached hydrogens (tertiary/aromatic N) is 3. The van der Waals surface area contributed by atoms with E-state index < -0.39 is 0 Å². The van der Waals surface area contributed by atoms with Crippen molar-refractivity contribution in [2.75, 3.05) is 11.9 Å². The first-order valence-corrected chi connectivity index (χ1v) is 7.66. The lowest BCUT2D eigenvalue weighted by molar-refractivity contribution is 0.0529. The molecule has 0 saturated carbocycles. The number of hydrogen-bond donors (Lipinski definition) is 1. The van der Waals surface area contributed by atoms with Crippen molar-refractivity contribution in [3.8, 4) is 0 Å². The van der Waals surface area contributed by atoms with E-state index in [0.717, 1.165) is 16.2 Å². The van der Waals surface area contributed by atoms with Crippen molar-refractivity contribution in [1.82, 2.24) is 15.0 Å². The van der Waals surface area contributed by atoms with Gasteiger partial charge in [-0.1, -0.05) is 0 Å². The Labute approximate surface area is 131 Å². The lowest BCUT2D eigenvalue weighted by Gasteiger charge is -2.08. The highest BCUT2D eigenvalue weighted by Crippen LogP contribution is 2.31. The van der Waals surface area contributed by atoms with E-state index in [2.05, 4.69) is 20.3 Å². The van der Waals surface area contributed by atoms with Crippen LogP contribution < -0.4 is 5.32 Å². The van der Waals surface area contributed by atoms with Crippen molar-refractivity contribution in [1.29, 1.82) is 0 Å². The molecule has 0 aliphatic rings. The zero-order valence-electron chi connectivity index (χ0n) is 12.2. The summed E-state index contributed by atoms with van der Waals surface area (Å²) in [6.45, 7) is 4.02. The van der Waals surface area contributed by atoms with Gasteiger partial charge in [0.15, 0.2) is 0 Å². The number of hydrogen-bond acceptors (Lipinski definition) is 7. The van der Waals surface area contributed by atoms with Gasteiger partial charge in [-0.2, -0.15) is 0 Å². The quantitative estimate of drug-likeness (QED) is 0.744. The van der Waals surface area contributed by atoms with Gasteiger partial charge >= 0.3 is 5.97 Å². The van der Waals surface area contributed by atoms with Gasteiger partial charge in [-0.3, -0.25) is 4.98 Å². The van der Waals surface area contributed by atoms with E-state index in [1.807, 2.05) is 19.1 Å². The molecule has 0 aliphatic carbocycles. The summed E-state index contributed by atoms with van der Waals surface area (Å²) in [6.07, 6.45) is 3.19. The summed E-state index contributed by atoms with van der Waals surface area (Å²) >= 11 is 1.39. The molecule has 1 N–H and O–H groups in total. The van der Waals surface area contributed by atoms with Crippen LogP contribution in [0.25, 0.3) is 10.2 Å². The maximum absolute atomic E-state index is 12.1. The predicted molar refractivity (Wildman–Crippen MR) is 85.6 cm³/mol. The fraction of sp³-hybridized carbons (Fsp3) is 0.200. The van der Waals surface area contributed by atoms with E-state index in [1.165, 1.54) is 17.7 Å². The van der Waals surface area contributed by atoms with Gasteiger partial charge in [0.25, 0.3) is 0 Å². The van der Waals surface area contributed by atoms with Crippen LogP contribution in [0.1, 0.15) is 23.0 Å². The number of aryl methyl sites for hydroxylation is 1. The molecule has 3 heterocycles. The van der Waals surface area contributed by atoms with Crippen LogP contribution in [-0.2, 0) is 4.74 Å². The largest absolute Gasteiger partial charge is 0.462 e. The SMILES string of the molecule is CCOC(=O)c1csc2ncnc(Nc3ccnc(C)c3)c12. The normalized spacial score (nSPS) is 10.6. The molecule has 0 bridgehead atoms. The molecule has 0 fully saturated rings. The molecule has 0 aromatic carbocycles. The minimum atomic E-state index is -0.363. The molecule has 0 radical (unpaired) electrons. The first-order chi connectivity index (χ1) is 10.7. The van der Waals surface area contributed by atoms with Crippen LogP contribution in [0.5, 0.6) is 0 Å². The summed E-state index contributed by atoms with van der Waals surface area (Å²) in [5, 5.41) is 5.65. The van der Waals surface area contributed by atoms with Crippen molar-refractivity contribution in [2.45, 2.75) is 13.8 Å². The molecule has 3 rings (SSSR count). The van der Waals surface area contributed by atoms with Gasteiger partial charge in [0.05, 0.1) is 17.6 Å². The number of carbonyl (C=O) groups excluding carboxylic acids is 1. The van der Waals surface area contributed by atoms with E-state index in [4.69, 9.17) is 4.74 Å².